The van der Waals surface area contributed by atoms with Gasteiger partial charge in [-0.3, -0.25) is 9.78 Å². The maximum absolute atomic E-state index is 13.4. The Balaban J connectivity index is 1.59. The van der Waals surface area contributed by atoms with Gasteiger partial charge in [0.1, 0.15) is 5.52 Å². The van der Waals surface area contributed by atoms with E-state index in [0.29, 0.717) is 58.9 Å². The van der Waals surface area contributed by atoms with E-state index < -0.39 is 0 Å². The minimum atomic E-state index is -0.0872. The van der Waals surface area contributed by atoms with Crippen LogP contribution in [0, 0.1) is 5.92 Å². The number of hydrogen-bond acceptors (Lipinski definition) is 7. The third-order valence-corrected chi connectivity index (χ3v) is 6.02. The molecule has 2 unspecified atom stereocenters. The summed E-state index contributed by atoms with van der Waals surface area (Å²) in [6.07, 6.45) is 4.16. The number of ether oxygens (including phenoxy) is 1. The average molecular weight is 459 g/mol. The normalized spacial score (nSPS) is 18.7. The van der Waals surface area contributed by atoms with Crippen molar-refractivity contribution >= 4 is 34.6 Å². The number of hydrogen-bond donors (Lipinski definition) is 2. The molecule has 1 aromatic carbocycles. The largest absolute Gasteiger partial charge is 0.493 e. The molecule has 1 amide bonds. The van der Waals surface area contributed by atoms with Crippen molar-refractivity contribution in [3.8, 4) is 5.75 Å². The molecule has 0 spiro atoms. The summed E-state index contributed by atoms with van der Waals surface area (Å²) in [5.41, 5.74) is 2.22. The van der Waals surface area contributed by atoms with E-state index in [4.69, 9.17) is 20.8 Å². The highest BCUT2D eigenvalue weighted by molar-refractivity contribution is 6.30. The van der Waals surface area contributed by atoms with E-state index in [-0.39, 0.29) is 18.6 Å². The molecular formula is C23H27ClN4O4. The first-order valence-electron chi connectivity index (χ1n) is 10.7. The Morgan fingerprint density at radius 2 is 2.22 bits per heavy atom. The van der Waals surface area contributed by atoms with Crippen molar-refractivity contribution in [2.75, 3.05) is 25.6 Å². The van der Waals surface area contributed by atoms with Crippen molar-refractivity contribution in [2.24, 2.45) is 5.92 Å². The molecule has 1 saturated heterocycles. The summed E-state index contributed by atoms with van der Waals surface area (Å²) in [4.78, 5) is 24.0. The van der Waals surface area contributed by atoms with Gasteiger partial charge in [0.15, 0.2) is 11.3 Å². The quantitative estimate of drug-likeness (QED) is 0.549. The third kappa shape index (κ3) is 4.81. The smallest absolute Gasteiger partial charge is 0.296 e. The number of methoxy groups -OCH3 is 1. The molecule has 2 N–H and O–H groups in total. The van der Waals surface area contributed by atoms with E-state index >= 15 is 0 Å². The number of fused-ring (bicyclic) bond motifs is 1. The fourth-order valence-electron chi connectivity index (χ4n) is 4.14. The monoisotopic (exact) mass is 458 g/mol. The van der Waals surface area contributed by atoms with Crippen LogP contribution in [0.25, 0.3) is 11.1 Å². The summed E-state index contributed by atoms with van der Waals surface area (Å²) in [7, 11) is 1.53. The second-order valence-corrected chi connectivity index (χ2v) is 8.61. The number of likely N-dealkylation sites (tertiary alicyclic amines) is 1. The molecule has 1 aliphatic heterocycles. The van der Waals surface area contributed by atoms with Crippen molar-refractivity contribution in [2.45, 2.75) is 38.8 Å². The molecule has 8 nitrogen and oxygen atoms in total. The Kier molecular flexibility index (Phi) is 6.81. The van der Waals surface area contributed by atoms with Crippen LogP contribution in [-0.4, -0.2) is 52.2 Å². The molecule has 1 fully saturated rings. The molecule has 4 rings (SSSR count). The molecule has 1 aliphatic rings. The Morgan fingerprint density at radius 1 is 1.38 bits per heavy atom. The zero-order chi connectivity index (χ0) is 22.7. The minimum absolute atomic E-state index is 0.0325. The number of rotatable bonds is 7. The second-order valence-electron chi connectivity index (χ2n) is 8.17. The molecule has 3 aromatic rings. The fraction of sp³-hybridized carbons (Fsp3) is 0.435. The van der Waals surface area contributed by atoms with Crippen LogP contribution in [0.5, 0.6) is 5.75 Å². The van der Waals surface area contributed by atoms with E-state index in [0.717, 1.165) is 18.5 Å². The molecular weight excluding hydrogens is 432 g/mol. The number of carbonyl (C=O) groups is 1. The van der Waals surface area contributed by atoms with Gasteiger partial charge in [-0.2, -0.15) is 4.98 Å². The first kappa shape index (κ1) is 22.4. The van der Waals surface area contributed by atoms with Gasteiger partial charge in [-0.1, -0.05) is 18.5 Å². The first-order valence-corrected chi connectivity index (χ1v) is 11.1. The summed E-state index contributed by atoms with van der Waals surface area (Å²) in [5.74, 6) is 0.773. The number of nitrogens with one attached hydrogen (secondary N) is 1. The van der Waals surface area contributed by atoms with Crippen LogP contribution in [0.1, 0.15) is 42.2 Å². The Hall–Kier alpha value is -2.84. The molecule has 2 aromatic heterocycles. The molecule has 9 heteroatoms. The van der Waals surface area contributed by atoms with Gasteiger partial charge in [-0.15, -0.1) is 0 Å². The number of carbonyl (C=O) groups excluding carboxylic acids is 1. The van der Waals surface area contributed by atoms with Crippen LogP contribution in [0.15, 0.2) is 34.9 Å². The van der Waals surface area contributed by atoms with E-state index in [9.17, 15) is 9.90 Å². The molecule has 3 heterocycles. The number of nitrogens with zero attached hydrogens (tertiary/aromatic N) is 3. The molecule has 170 valence electrons. The number of aliphatic hydroxyl groups excluding tert-OH is 1. The maximum atomic E-state index is 13.4. The Morgan fingerprint density at radius 3 is 2.97 bits per heavy atom. The number of aromatic nitrogens is 2. The molecule has 2 atom stereocenters. The lowest BCUT2D eigenvalue weighted by atomic mass is 9.92. The minimum Gasteiger partial charge on any atom is -0.493 e. The first-order chi connectivity index (χ1) is 15.5. The predicted molar refractivity (Wildman–Crippen MR) is 122 cm³/mol. The lowest BCUT2D eigenvalue weighted by molar-refractivity contribution is 0.0501. The van der Waals surface area contributed by atoms with Gasteiger partial charge in [-0.05, 0) is 49.4 Å². The van der Waals surface area contributed by atoms with Crippen molar-refractivity contribution in [3.63, 3.8) is 0 Å². The summed E-state index contributed by atoms with van der Waals surface area (Å²) in [6, 6.07) is 7.22. The average Bonchev–Trinajstić information content (AvgIpc) is 3.21. The SMILES string of the molecule is COc1cc(C(=O)N2CC(C)CCC2CCO)cc2nc(NCc3cc(Cl)ccn3)oc12. The molecule has 0 saturated carbocycles. The van der Waals surface area contributed by atoms with Crippen molar-refractivity contribution in [3.05, 3.63) is 46.7 Å². The number of piperidine rings is 1. The van der Waals surface area contributed by atoms with Crippen LogP contribution in [-0.2, 0) is 6.54 Å². The highest BCUT2D eigenvalue weighted by Crippen LogP contribution is 2.32. The van der Waals surface area contributed by atoms with Crippen LogP contribution >= 0.6 is 11.6 Å². The summed E-state index contributed by atoms with van der Waals surface area (Å²) < 4.78 is 11.3. The third-order valence-electron chi connectivity index (χ3n) is 5.79. The molecule has 0 aliphatic carbocycles. The van der Waals surface area contributed by atoms with Gasteiger partial charge in [-0.25, -0.2) is 0 Å². The van der Waals surface area contributed by atoms with Gasteiger partial charge < -0.3 is 24.5 Å². The Labute approximate surface area is 191 Å². The predicted octanol–water partition coefficient (Wildman–Crippen LogP) is 4.12. The van der Waals surface area contributed by atoms with Gasteiger partial charge in [0.25, 0.3) is 11.9 Å². The topological polar surface area (TPSA) is 101 Å². The number of benzene rings is 1. The number of aliphatic hydroxyl groups is 1. The van der Waals surface area contributed by atoms with Gasteiger partial charge in [0, 0.05) is 36.0 Å². The zero-order valence-electron chi connectivity index (χ0n) is 18.2. The van der Waals surface area contributed by atoms with Crippen molar-refractivity contribution in [1.82, 2.24) is 14.9 Å². The fourth-order valence-corrected chi connectivity index (χ4v) is 4.32. The van der Waals surface area contributed by atoms with Crippen LogP contribution in [0.3, 0.4) is 0 Å². The highest BCUT2D eigenvalue weighted by Gasteiger charge is 2.31. The highest BCUT2D eigenvalue weighted by atomic mass is 35.5. The Bertz CT molecular complexity index is 1100. The number of anilines is 1. The molecule has 32 heavy (non-hydrogen) atoms. The number of oxazole rings is 1. The molecule has 0 bridgehead atoms. The van der Waals surface area contributed by atoms with Crippen molar-refractivity contribution < 1.29 is 19.1 Å². The molecule has 0 radical (unpaired) electrons. The van der Waals surface area contributed by atoms with E-state index in [1.165, 1.54) is 7.11 Å². The zero-order valence-corrected chi connectivity index (χ0v) is 18.9. The maximum Gasteiger partial charge on any atom is 0.296 e. The van der Waals surface area contributed by atoms with Crippen LogP contribution in [0.4, 0.5) is 6.01 Å². The van der Waals surface area contributed by atoms with E-state index in [1.807, 2.05) is 4.90 Å². The second kappa shape index (κ2) is 9.75. The standard InChI is InChI=1S/C23H27ClN4O4/c1-14-3-4-18(6-8-29)28(13-14)22(30)15-9-19-21(20(10-15)31-2)32-23(27-19)26-12-17-11-16(24)5-7-25-17/h5,7,9-11,14,18,29H,3-4,6,8,12-13H2,1-2H3,(H,26,27). The lowest BCUT2D eigenvalue weighted by Gasteiger charge is -2.38. The van der Waals surface area contributed by atoms with E-state index in [1.54, 1.807) is 30.5 Å². The summed E-state index contributed by atoms with van der Waals surface area (Å²) in [6.45, 7) is 3.26. The van der Waals surface area contributed by atoms with Gasteiger partial charge in [0.05, 0.1) is 19.3 Å². The van der Waals surface area contributed by atoms with Crippen LogP contribution in [0.2, 0.25) is 5.02 Å². The van der Waals surface area contributed by atoms with Crippen molar-refractivity contribution in [1.29, 1.82) is 0 Å². The number of pyridine rings is 1. The number of amides is 1. The van der Waals surface area contributed by atoms with E-state index in [2.05, 4.69) is 22.2 Å². The van der Waals surface area contributed by atoms with Gasteiger partial charge >= 0.3 is 0 Å². The summed E-state index contributed by atoms with van der Waals surface area (Å²) in [5, 5.41) is 13.1. The summed E-state index contributed by atoms with van der Waals surface area (Å²) >= 11 is 6.01. The van der Waals surface area contributed by atoms with Crippen LogP contribution < -0.4 is 10.1 Å². The number of halogens is 1. The van der Waals surface area contributed by atoms with Gasteiger partial charge in [0.2, 0.25) is 0 Å². The lowest BCUT2D eigenvalue weighted by Crippen LogP contribution is -2.46.